The van der Waals surface area contributed by atoms with Gasteiger partial charge in [-0.15, -0.1) is 25.6 Å². The van der Waals surface area contributed by atoms with Gasteiger partial charge in [0.2, 0.25) is 0 Å². The number of aromatic hydroxyl groups is 1. The Labute approximate surface area is 197 Å². The number of phenols is 1. The first-order valence-electron chi connectivity index (χ1n) is 10.7. The smallest absolute Gasteiger partial charge is 0.128 e. The van der Waals surface area contributed by atoms with Gasteiger partial charge < -0.3 is 15.2 Å². The molecule has 4 heteroatoms. The molecular formula is C28H32ClNO2. The molecule has 0 fully saturated rings. The van der Waals surface area contributed by atoms with E-state index in [1.807, 2.05) is 55.6 Å². The third-order valence-electron chi connectivity index (χ3n) is 5.25. The zero-order valence-corrected chi connectivity index (χ0v) is 19.4. The highest BCUT2D eigenvalue weighted by atomic mass is 35.5. The maximum atomic E-state index is 10.7. The SMILES string of the molecule is C=CCc1ccc(O)c(-c2cc(CC=C)ccc2OC(CCNC)c2ccccc2)c1.Cl. The van der Waals surface area contributed by atoms with Gasteiger partial charge in [-0.05, 0) is 67.4 Å². The number of benzene rings is 3. The summed E-state index contributed by atoms with van der Waals surface area (Å²) in [7, 11) is 1.95. The summed E-state index contributed by atoms with van der Waals surface area (Å²) >= 11 is 0. The third kappa shape index (κ3) is 6.49. The zero-order chi connectivity index (χ0) is 22.1. The van der Waals surface area contributed by atoms with E-state index < -0.39 is 0 Å². The number of phenolic OH excluding ortho intramolecular Hbond substituents is 1. The standard InChI is InChI=1S/C28H31NO2.ClH/c1-4-9-21-13-15-26(30)24(19-21)25-20-22(10-5-2)14-16-28(25)31-27(17-18-29-3)23-11-7-6-8-12-23;/h4-8,11-16,19-20,27,29-30H,1-2,9-10,17-18H2,3H3;1H. The lowest BCUT2D eigenvalue weighted by atomic mass is 9.97. The molecule has 0 aliphatic carbocycles. The van der Waals surface area contributed by atoms with Gasteiger partial charge >= 0.3 is 0 Å². The maximum Gasteiger partial charge on any atom is 0.128 e. The van der Waals surface area contributed by atoms with Crippen molar-refractivity contribution in [2.24, 2.45) is 0 Å². The Kier molecular flexibility index (Phi) is 10.1. The minimum Gasteiger partial charge on any atom is -0.507 e. The molecule has 0 aromatic heterocycles. The Bertz CT molecular complexity index is 1020. The van der Waals surface area contributed by atoms with Gasteiger partial charge in [0.25, 0.3) is 0 Å². The van der Waals surface area contributed by atoms with E-state index in [1.54, 1.807) is 6.07 Å². The van der Waals surface area contributed by atoms with Crippen LogP contribution >= 0.6 is 12.4 Å². The van der Waals surface area contributed by atoms with E-state index in [1.165, 1.54) is 0 Å². The minimum absolute atomic E-state index is 0. The first-order valence-corrected chi connectivity index (χ1v) is 10.7. The van der Waals surface area contributed by atoms with Crippen LogP contribution < -0.4 is 10.1 Å². The predicted molar refractivity (Wildman–Crippen MR) is 137 cm³/mol. The zero-order valence-electron chi connectivity index (χ0n) is 18.6. The van der Waals surface area contributed by atoms with Crippen molar-refractivity contribution in [2.75, 3.05) is 13.6 Å². The molecule has 0 heterocycles. The topological polar surface area (TPSA) is 41.5 Å². The fourth-order valence-electron chi connectivity index (χ4n) is 3.67. The Morgan fingerprint density at radius 1 is 0.906 bits per heavy atom. The summed E-state index contributed by atoms with van der Waals surface area (Å²) in [6.07, 6.45) is 5.97. The summed E-state index contributed by atoms with van der Waals surface area (Å²) in [5, 5.41) is 13.9. The lowest BCUT2D eigenvalue weighted by molar-refractivity contribution is 0.196. The van der Waals surface area contributed by atoms with Gasteiger partial charge in [-0.1, -0.05) is 54.6 Å². The van der Waals surface area contributed by atoms with Gasteiger partial charge in [-0.25, -0.2) is 0 Å². The van der Waals surface area contributed by atoms with Crippen molar-refractivity contribution >= 4 is 12.4 Å². The number of halogens is 1. The number of ether oxygens (including phenoxy) is 1. The molecule has 1 unspecified atom stereocenters. The van der Waals surface area contributed by atoms with Crippen molar-refractivity contribution in [2.45, 2.75) is 25.4 Å². The normalized spacial score (nSPS) is 11.3. The highest BCUT2D eigenvalue weighted by Gasteiger charge is 2.18. The molecule has 3 aromatic carbocycles. The van der Waals surface area contributed by atoms with Crippen LogP contribution in [-0.4, -0.2) is 18.7 Å². The molecule has 3 nitrogen and oxygen atoms in total. The Balaban J connectivity index is 0.00000363. The molecule has 0 saturated heterocycles. The Morgan fingerprint density at radius 3 is 2.16 bits per heavy atom. The molecular weight excluding hydrogens is 418 g/mol. The van der Waals surface area contributed by atoms with Crippen LogP contribution in [0, 0.1) is 0 Å². The largest absolute Gasteiger partial charge is 0.507 e. The van der Waals surface area contributed by atoms with Crippen molar-refractivity contribution in [3.05, 3.63) is 109 Å². The van der Waals surface area contributed by atoms with Crippen LogP contribution in [0.5, 0.6) is 11.5 Å². The molecule has 0 aliphatic rings. The van der Waals surface area contributed by atoms with Gasteiger partial charge in [0, 0.05) is 17.5 Å². The summed E-state index contributed by atoms with van der Waals surface area (Å²) in [5.74, 6) is 0.990. The molecule has 0 amide bonds. The molecule has 32 heavy (non-hydrogen) atoms. The molecule has 1 atom stereocenters. The minimum atomic E-state index is -0.101. The molecule has 2 N–H and O–H groups in total. The summed E-state index contributed by atoms with van der Waals surface area (Å²) in [6, 6.07) is 22.1. The maximum absolute atomic E-state index is 10.7. The van der Waals surface area contributed by atoms with E-state index in [4.69, 9.17) is 4.74 Å². The second kappa shape index (κ2) is 12.7. The molecule has 3 aromatic rings. The van der Waals surface area contributed by atoms with Crippen LogP contribution in [0.15, 0.2) is 92.0 Å². The van der Waals surface area contributed by atoms with Crippen molar-refractivity contribution in [3.63, 3.8) is 0 Å². The highest BCUT2D eigenvalue weighted by molar-refractivity contribution is 5.85. The third-order valence-corrected chi connectivity index (χ3v) is 5.25. The summed E-state index contributed by atoms with van der Waals surface area (Å²) in [5.41, 5.74) is 4.99. The van der Waals surface area contributed by atoms with E-state index in [0.717, 1.165) is 59.4 Å². The van der Waals surface area contributed by atoms with Gasteiger partial charge in [0.1, 0.15) is 17.6 Å². The fourth-order valence-corrected chi connectivity index (χ4v) is 3.67. The van der Waals surface area contributed by atoms with Crippen LogP contribution in [0.2, 0.25) is 0 Å². The van der Waals surface area contributed by atoms with Crippen molar-refractivity contribution in [1.82, 2.24) is 5.32 Å². The van der Waals surface area contributed by atoms with Crippen LogP contribution in [0.4, 0.5) is 0 Å². The van der Waals surface area contributed by atoms with Crippen LogP contribution in [-0.2, 0) is 12.8 Å². The summed E-state index contributed by atoms with van der Waals surface area (Å²) < 4.78 is 6.58. The van der Waals surface area contributed by atoms with Gasteiger partial charge in [-0.2, -0.15) is 0 Å². The van der Waals surface area contributed by atoms with E-state index in [2.05, 4.69) is 42.7 Å². The first-order chi connectivity index (χ1) is 15.2. The summed E-state index contributed by atoms with van der Waals surface area (Å²) in [6.45, 7) is 8.53. The number of hydrogen-bond acceptors (Lipinski definition) is 3. The summed E-state index contributed by atoms with van der Waals surface area (Å²) in [4.78, 5) is 0. The van der Waals surface area contributed by atoms with E-state index >= 15 is 0 Å². The molecule has 168 valence electrons. The average molecular weight is 450 g/mol. The Morgan fingerprint density at radius 2 is 1.53 bits per heavy atom. The van der Waals surface area contributed by atoms with Gasteiger partial charge in [0.05, 0.1) is 0 Å². The van der Waals surface area contributed by atoms with Crippen molar-refractivity contribution in [1.29, 1.82) is 0 Å². The fraction of sp³-hybridized carbons (Fsp3) is 0.214. The monoisotopic (exact) mass is 449 g/mol. The molecule has 0 saturated carbocycles. The number of nitrogens with one attached hydrogen (secondary N) is 1. The van der Waals surface area contributed by atoms with Crippen LogP contribution in [0.25, 0.3) is 11.1 Å². The highest BCUT2D eigenvalue weighted by Crippen LogP contribution is 2.39. The molecule has 0 bridgehead atoms. The van der Waals surface area contributed by atoms with Crippen molar-refractivity contribution in [3.8, 4) is 22.6 Å². The van der Waals surface area contributed by atoms with E-state index in [0.29, 0.717) is 0 Å². The number of allylic oxidation sites excluding steroid dienone is 2. The molecule has 0 radical (unpaired) electrons. The van der Waals surface area contributed by atoms with E-state index in [-0.39, 0.29) is 24.3 Å². The van der Waals surface area contributed by atoms with Crippen LogP contribution in [0.1, 0.15) is 29.2 Å². The second-order valence-corrected chi connectivity index (χ2v) is 7.58. The number of hydrogen-bond donors (Lipinski definition) is 2. The van der Waals surface area contributed by atoms with Crippen LogP contribution in [0.3, 0.4) is 0 Å². The van der Waals surface area contributed by atoms with Crippen molar-refractivity contribution < 1.29 is 9.84 Å². The van der Waals surface area contributed by atoms with Gasteiger partial charge in [-0.3, -0.25) is 0 Å². The quantitative estimate of drug-likeness (QED) is 0.321. The molecule has 0 aliphatic heterocycles. The predicted octanol–water partition coefficient (Wildman–Crippen LogP) is 6.67. The van der Waals surface area contributed by atoms with Gasteiger partial charge in [0.15, 0.2) is 0 Å². The molecule has 0 spiro atoms. The lowest BCUT2D eigenvalue weighted by Crippen LogP contribution is -2.16. The Hall–Kier alpha value is -3.01. The first kappa shape index (κ1) is 25.3. The number of rotatable bonds is 11. The van der Waals surface area contributed by atoms with E-state index in [9.17, 15) is 5.11 Å². The molecule has 3 rings (SSSR count). The lowest BCUT2D eigenvalue weighted by Gasteiger charge is -2.22. The second-order valence-electron chi connectivity index (χ2n) is 7.58. The average Bonchev–Trinajstić information content (AvgIpc) is 2.79.